The Morgan fingerprint density at radius 3 is 2.50 bits per heavy atom. The molecule has 1 unspecified atom stereocenters. The minimum absolute atomic E-state index is 0.00468. The van der Waals surface area contributed by atoms with E-state index in [1.165, 1.54) is 6.42 Å². The predicted octanol–water partition coefficient (Wildman–Crippen LogP) is 1.36. The van der Waals surface area contributed by atoms with E-state index < -0.39 is 0 Å². The zero-order valence-corrected chi connectivity index (χ0v) is 9.62. The Labute approximate surface area is 90.4 Å². The highest BCUT2D eigenvalue weighted by atomic mass is 32.1. The van der Waals surface area contributed by atoms with E-state index in [4.69, 9.17) is 18.0 Å². The van der Waals surface area contributed by atoms with Crippen LogP contribution in [0.1, 0.15) is 39.5 Å². The van der Waals surface area contributed by atoms with Gasteiger partial charge >= 0.3 is 0 Å². The first kappa shape index (κ1) is 11.4. The fourth-order valence-corrected chi connectivity index (χ4v) is 2.01. The number of hydrogen-bond acceptors (Lipinski definition) is 2. The molecule has 4 heteroatoms. The minimum Gasteiger partial charge on any atom is -0.393 e. The number of carbonyl (C=O) groups is 1. The number of rotatable bonds is 4. The summed E-state index contributed by atoms with van der Waals surface area (Å²) < 4.78 is 0. The molecular formula is C10H18N2OS. The van der Waals surface area contributed by atoms with Gasteiger partial charge in [-0.2, -0.15) is 0 Å². The second-order valence-electron chi connectivity index (χ2n) is 4.27. The van der Waals surface area contributed by atoms with Crippen molar-refractivity contribution < 1.29 is 4.79 Å². The van der Waals surface area contributed by atoms with Gasteiger partial charge in [0.1, 0.15) is 0 Å². The van der Waals surface area contributed by atoms with Gasteiger partial charge in [-0.15, -0.1) is 0 Å². The summed E-state index contributed by atoms with van der Waals surface area (Å²) in [6.07, 6.45) is 4.00. The van der Waals surface area contributed by atoms with Crippen LogP contribution in [0.4, 0.5) is 0 Å². The molecule has 1 amide bonds. The Kier molecular flexibility index (Phi) is 3.48. The summed E-state index contributed by atoms with van der Waals surface area (Å²) in [7, 11) is 0. The van der Waals surface area contributed by atoms with Gasteiger partial charge in [-0.05, 0) is 32.6 Å². The molecule has 3 nitrogen and oxygen atoms in total. The Balaban J connectivity index is 2.51. The Hall–Kier alpha value is -0.640. The van der Waals surface area contributed by atoms with Crippen molar-refractivity contribution in [2.75, 3.05) is 0 Å². The van der Waals surface area contributed by atoms with Crippen molar-refractivity contribution in [2.45, 2.75) is 45.1 Å². The molecule has 1 fully saturated rings. The summed E-state index contributed by atoms with van der Waals surface area (Å²) in [5.41, 5.74) is 5.49. The van der Waals surface area contributed by atoms with Gasteiger partial charge in [0.2, 0.25) is 5.91 Å². The van der Waals surface area contributed by atoms with Gasteiger partial charge in [0, 0.05) is 5.54 Å². The Bertz CT molecular complexity index is 249. The van der Waals surface area contributed by atoms with Crippen molar-refractivity contribution >= 4 is 23.1 Å². The maximum Gasteiger partial charge on any atom is 0.230 e. The number of nitrogens with one attached hydrogen (secondary N) is 1. The largest absolute Gasteiger partial charge is 0.393 e. The molecular weight excluding hydrogens is 196 g/mol. The zero-order valence-electron chi connectivity index (χ0n) is 8.80. The lowest BCUT2D eigenvalue weighted by Gasteiger charge is -2.40. The molecule has 0 spiro atoms. The molecule has 0 aliphatic heterocycles. The second kappa shape index (κ2) is 4.26. The number of nitrogens with two attached hydrogens (primary N) is 1. The first-order valence-electron chi connectivity index (χ1n) is 5.10. The van der Waals surface area contributed by atoms with Crippen molar-refractivity contribution in [1.82, 2.24) is 5.32 Å². The van der Waals surface area contributed by atoms with E-state index in [1.54, 1.807) is 0 Å². The number of carbonyl (C=O) groups excluding carboxylic acids is 1. The lowest BCUT2D eigenvalue weighted by molar-refractivity contribution is -0.125. The molecule has 0 aromatic rings. The molecule has 1 atom stereocenters. The zero-order chi connectivity index (χ0) is 10.8. The van der Waals surface area contributed by atoms with E-state index in [2.05, 4.69) is 12.2 Å². The summed E-state index contributed by atoms with van der Waals surface area (Å²) in [4.78, 5) is 12.0. The van der Waals surface area contributed by atoms with Gasteiger partial charge in [0.15, 0.2) is 0 Å². The van der Waals surface area contributed by atoms with Crippen LogP contribution in [-0.2, 0) is 4.79 Å². The standard InChI is InChI=1S/C10H18N2OS/c1-3-7(8(11)14)9(13)12-10(2)5-4-6-10/h7H,3-6H2,1-2H3,(H2,11,14)(H,12,13). The minimum atomic E-state index is -0.303. The fraction of sp³-hybridized carbons (Fsp3) is 0.800. The average Bonchev–Trinajstić information content (AvgIpc) is 2.01. The highest BCUT2D eigenvalue weighted by Gasteiger charge is 2.35. The molecule has 0 heterocycles. The highest BCUT2D eigenvalue weighted by molar-refractivity contribution is 7.80. The van der Waals surface area contributed by atoms with E-state index in [-0.39, 0.29) is 17.4 Å². The Morgan fingerprint density at radius 1 is 1.64 bits per heavy atom. The van der Waals surface area contributed by atoms with E-state index in [0.29, 0.717) is 11.4 Å². The summed E-state index contributed by atoms with van der Waals surface area (Å²) in [5, 5.41) is 3.02. The van der Waals surface area contributed by atoms with E-state index in [1.807, 2.05) is 6.92 Å². The molecule has 80 valence electrons. The summed E-state index contributed by atoms with van der Waals surface area (Å²) in [6, 6.07) is 0. The molecule has 14 heavy (non-hydrogen) atoms. The van der Waals surface area contributed by atoms with Crippen LogP contribution in [0.15, 0.2) is 0 Å². The number of thiocarbonyl (C=S) groups is 1. The van der Waals surface area contributed by atoms with Crippen molar-refractivity contribution in [3.8, 4) is 0 Å². The van der Waals surface area contributed by atoms with E-state index >= 15 is 0 Å². The van der Waals surface area contributed by atoms with Crippen LogP contribution in [0.25, 0.3) is 0 Å². The molecule has 0 aromatic heterocycles. The maximum atomic E-state index is 11.7. The topological polar surface area (TPSA) is 55.1 Å². The maximum absolute atomic E-state index is 11.7. The van der Waals surface area contributed by atoms with Crippen molar-refractivity contribution in [3.63, 3.8) is 0 Å². The third kappa shape index (κ3) is 2.44. The van der Waals surface area contributed by atoms with E-state index in [0.717, 1.165) is 12.8 Å². The van der Waals surface area contributed by atoms with Crippen molar-refractivity contribution in [2.24, 2.45) is 11.7 Å². The lowest BCUT2D eigenvalue weighted by Crippen LogP contribution is -2.54. The van der Waals surface area contributed by atoms with Gasteiger partial charge in [0.05, 0.1) is 10.9 Å². The summed E-state index contributed by atoms with van der Waals surface area (Å²) in [6.45, 7) is 3.99. The first-order chi connectivity index (χ1) is 6.48. The summed E-state index contributed by atoms with van der Waals surface area (Å²) in [5.74, 6) is -0.315. The predicted molar refractivity (Wildman–Crippen MR) is 61.0 cm³/mol. The third-order valence-corrected chi connectivity index (χ3v) is 3.23. The van der Waals surface area contributed by atoms with Gasteiger partial charge in [0.25, 0.3) is 0 Å². The molecule has 0 aromatic carbocycles. The number of hydrogen-bond donors (Lipinski definition) is 2. The van der Waals surface area contributed by atoms with Gasteiger partial charge in [-0.1, -0.05) is 19.1 Å². The molecule has 0 radical (unpaired) electrons. The number of amides is 1. The van der Waals surface area contributed by atoms with Gasteiger partial charge in [-0.3, -0.25) is 4.79 Å². The smallest absolute Gasteiger partial charge is 0.230 e. The van der Waals surface area contributed by atoms with Crippen LogP contribution >= 0.6 is 12.2 Å². The molecule has 1 rings (SSSR count). The van der Waals surface area contributed by atoms with Crippen LogP contribution in [-0.4, -0.2) is 16.4 Å². The normalized spacial score (nSPS) is 20.7. The van der Waals surface area contributed by atoms with Crippen LogP contribution in [0.3, 0.4) is 0 Å². The van der Waals surface area contributed by atoms with Crippen molar-refractivity contribution in [1.29, 1.82) is 0 Å². The second-order valence-corrected chi connectivity index (χ2v) is 4.74. The molecule has 3 N–H and O–H groups in total. The lowest BCUT2D eigenvalue weighted by atomic mass is 9.78. The monoisotopic (exact) mass is 214 g/mol. The quantitative estimate of drug-likeness (QED) is 0.695. The highest BCUT2D eigenvalue weighted by Crippen LogP contribution is 2.31. The Morgan fingerprint density at radius 2 is 2.21 bits per heavy atom. The molecule has 1 aliphatic rings. The van der Waals surface area contributed by atoms with Crippen molar-refractivity contribution in [3.05, 3.63) is 0 Å². The average molecular weight is 214 g/mol. The van der Waals surface area contributed by atoms with Crippen LogP contribution in [0.2, 0.25) is 0 Å². The summed E-state index contributed by atoms with van der Waals surface area (Å²) >= 11 is 4.85. The van der Waals surface area contributed by atoms with Crippen LogP contribution in [0.5, 0.6) is 0 Å². The van der Waals surface area contributed by atoms with Crippen LogP contribution < -0.4 is 11.1 Å². The SMILES string of the molecule is CCC(C(=O)NC1(C)CCC1)C(N)=S. The molecule has 0 bridgehead atoms. The third-order valence-electron chi connectivity index (χ3n) is 2.95. The molecule has 0 saturated heterocycles. The molecule has 1 aliphatic carbocycles. The van der Waals surface area contributed by atoms with Gasteiger partial charge < -0.3 is 11.1 Å². The molecule has 1 saturated carbocycles. The van der Waals surface area contributed by atoms with Crippen LogP contribution in [0, 0.1) is 5.92 Å². The first-order valence-corrected chi connectivity index (χ1v) is 5.50. The van der Waals surface area contributed by atoms with E-state index in [9.17, 15) is 4.79 Å². The fourth-order valence-electron chi connectivity index (χ4n) is 1.73. The van der Waals surface area contributed by atoms with Gasteiger partial charge in [-0.25, -0.2) is 0 Å².